The molecule has 8 nitrogen and oxygen atoms in total. The van der Waals surface area contributed by atoms with Gasteiger partial charge in [-0.3, -0.25) is 9.59 Å². The molecular weight excluding hydrogens is 390 g/mol. The summed E-state index contributed by atoms with van der Waals surface area (Å²) >= 11 is 0. The van der Waals surface area contributed by atoms with E-state index in [1.807, 2.05) is 6.92 Å². The monoisotopic (exact) mass is 410 g/mol. The van der Waals surface area contributed by atoms with Gasteiger partial charge in [0, 0.05) is 24.5 Å². The van der Waals surface area contributed by atoms with Gasteiger partial charge < -0.3 is 29.8 Å². The number of Topliss-reactive ketones (excluding diaryl/α,β-unsaturated/α-hetero) is 1. The minimum Gasteiger partial charge on any atom is -0.550 e. The Bertz CT molecular complexity index is 1040. The number of aliphatic hydroxyl groups excluding tert-OH is 1. The molecule has 0 aromatic heterocycles. The molecule has 0 unspecified atom stereocenters. The molecule has 30 heavy (non-hydrogen) atoms. The zero-order chi connectivity index (χ0) is 22.0. The fourth-order valence-corrected chi connectivity index (χ4v) is 3.40. The van der Waals surface area contributed by atoms with Gasteiger partial charge in [0.25, 0.3) is 11.7 Å². The van der Waals surface area contributed by atoms with Crippen LogP contribution in [0.15, 0.2) is 48.0 Å². The predicted molar refractivity (Wildman–Crippen MR) is 104 cm³/mol. The standard InChI is InChI=1S/C22H21NO7/c1-12-3-5-13(6-4-12)20(27)18-19(14-7-8-15(24)16(11-14)30-2)23(10-9-17(25)26)22(29)21(18)28/h3-8,11,19,24,27H,9-10H2,1-2H3,(H,25,26)/p-1/t19-/m1/s1. The Kier molecular flexibility index (Phi) is 5.77. The second-order valence-corrected chi connectivity index (χ2v) is 6.91. The van der Waals surface area contributed by atoms with Gasteiger partial charge in [-0.25, -0.2) is 0 Å². The first-order valence-corrected chi connectivity index (χ1v) is 9.16. The molecule has 1 saturated heterocycles. The lowest BCUT2D eigenvalue weighted by atomic mass is 9.94. The number of aromatic hydroxyl groups is 1. The van der Waals surface area contributed by atoms with E-state index in [0.29, 0.717) is 11.1 Å². The van der Waals surface area contributed by atoms with Crippen molar-refractivity contribution in [3.8, 4) is 11.5 Å². The van der Waals surface area contributed by atoms with Gasteiger partial charge in [0.15, 0.2) is 11.5 Å². The number of ether oxygens (including phenoxy) is 1. The average Bonchev–Trinajstić information content (AvgIpc) is 2.97. The first-order chi connectivity index (χ1) is 14.2. The lowest BCUT2D eigenvalue weighted by molar-refractivity contribution is -0.305. The smallest absolute Gasteiger partial charge is 0.295 e. The number of carboxylic acid groups (broad SMARTS) is 1. The van der Waals surface area contributed by atoms with Crippen molar-refractivity contribution in [1.82, 2.24) is 4.90 Å². The van der Waals surface area contributed by atoms with Crippen LogP contribution in [0.3, 0.4) is 0 Å². The van der Waals surface area contributed by atoms with Gasteiger partial charge in [-0.15, -0.1) is 0 Å². The number of phenols is 1. The number of phenolic OH excluding ortho intramolecular Hbond substituents is 1. The molecule has 1 fully saturated rings. The first-order valence-electron chi connectivity index (χ1n) is 9.16. The van der Waals surface area contributed by atoms with Crippen LogP contribution in [0.25, 0.3) is 5.76 Å². The average molecular weight is 410 g/mol. The summed E-state index contributed by atoms with van der Waals surface area (Å²) in [5, 5.41) is 31.7. The number of rotatable bonds is 6. The van der Waals surface area contributed by atoms with Gasteiger partial charge in [-0.2, -0.15) is 0 Å². The van der Waals surface area contributed by atoms with E-state index in [-0.39, 0.29) is 29.4 Å². The Hall–Kier alpha value is -3.81. The van der Waals surface area contributed by atoms with E-state index >= 15 is 0 Å². The summed E-state index contributed by atoms with van der Waals surface area (Å²) in [6.07, 6.45) is -0.483. The number of nitrogens with zero attached hydrogens (tertiary/aromatic N) is 1. The van der Waals surface area contributed by atoms with E-state index in [2.05, 4.69) is 0 Å². The van der Waals surface area contributed by atoms with Crippen molar-refractivity contribution >= 4 is 23.4 Å². The molecule has 2 aromatic carbocycles. The number of ketones is 1. The minimum absolute atomic E-state index is 0.105. The van der Waals surface area contributed by atoms with E-state index in [1.54, 1.807) is 24.3 Å². The molecule has 1 heterocycles. The Morgan fingerprint density at radius 3 is 2.43 bits per heavy atom. The molecule has 8 heteroatoms. The number of carbonyl (C=O) groups is 3. The number of benzene rings is 2. The third-order valence-corrected chi connectivity index (χ3v) is 4.94. The van der Waals surface area contributed by atoms with Crippen LogP contribution in [-0.4, -0.2) is 46.4 Å². The van der Waals surface area contributed by atoms with Crippen LogP contribution >= 0.6 is 0 Å². The maximum atomic E-state index is 12.8. The number of aliphatic carboxylic acids is 1. The Balaban J connectivity index is 2.18. The van der Waals surface area contributed by atoms with Crippen LogP contribution in [-0.2, 0) is 14.4 Å². The largest absolute Gasteiger partial charge is 0.550 e. The number of hydrogen-bond acceptors (Lipinski definition) is 7. The summed E-state index contributed by atoms with van der Waals surface area (Å²) in [4.78, 5) is 37.5. The van der Waals surface area contributed by atoms with Crippen LogP contribution in [0.4, 0.5) is 0 Å². The van der Waals surface area contributed by atoms with Gasteiger partial charge >= 0.3 is 0 Å². The first kappa shape index (κ1) is 20.9. The van der Waals surface area contributed by atoms with Crippen LogP contribution in [0.5, 0.6) is 11.5 Å². The SMILES string of the molecule is COc1cc([C@@H]2C(=C(O)c3ccc(C)cc3)C(=O)C(=O)N2CCC(=O)[O-])ccc1O. The highest BCUT2D eigenvalue weighted by atomic mass is 16.5. The Morgan fingerprint density at radius 1 is 1.17 bits per heavy atom. The Labute approximate surface area is 172 Å². The second kappa shape index (κ2) is 8.28. The van der Waals surface area contributed by atoms with Gasteiger partial charge in [0.05, 0.1) is 18.7 Å². The van der Waals surface area contributed by atoms with Crippen LogP contribution in [0.2, 0.25) is 0 Å². The van der Waals surface area contributed by atoms with E-state index < -0.39 is 30.1 Å². The molecule has 2 aromatic rings. The molecule has 3 rings (SSSR count). The number of hydrogen-bond donors (Lipinski definition) is 2. The van der Waals surface area contributed by atoms with Gasteiger partial charge in [0.1, 0.15) is 5.76 Å². The molecule has 1 aliphatic rings. The molecular formula is C22H20NO7-. The van der Waals surface area contributed by atoms with Gasteiger partial charge in [-0.1, -0.05) is 35.9 Å². The topological polar surface area (TPSA) is 127 Å². The van der Waals surface area contributed by atoms with Crippen molar-refractivity contribution in [3.05, 3.63) is 64.7 Å². The van der Waals surface area contributed by atoms with Crippen molar-refractivity contribution in [2.45, 2.75) is 19.4 Å². The number of carbonyl (C=O) groups excluding carboxylic acids is 3. The molecule has 156 valence electrons. The normalized spacial score (nSPS) is 17.9. The summed E-state index contributed by atoms with van der Waals surface area (Å²) in [6, 6.07) is 9.92. The third kappa shape index (κ3) is 3.84. The quantitative estimate of drug-likeness (QED) is 0.417. The summed E-state index contributed by atoms with van der Waals surface area (Å²) in [7, 11) is 1.35. The third-order valence-electron chi connectivity index (χ3n) is 4.94. The number of methoxy groups -OCH3 is 1. The molecule has 1 atom stereocenters. The zero-order valence-electron chi connectivity index (χ0n) is 16.4. The van der Waals surface area contributed by atoms with E-state index in [1.165, 1.54) is 25.3 Å². The second-order valence-electron chi connectivity index (χ2n) is 6.91. The molecule has 0 bridgehead atoms. The van der Waals surface area contributed by atoms with Crippen molar-refractivity contribution < 1.29 is 34.4 Å². The Morgan fingerprint density at radius 2 is 1.83 bits per heavy atom. The number of aliphatic hydroxyl groups is 1. The predicted octanol–water partition coefficient (Wildman–Crippen LogP) is 1.27. The minimum atomic E-state index is -1.38. The molecule has 1 aliphatic heterocycles. The number of carboxylic acids is 1. The van der Waals surface area contributed by atoms with Crippen molar-refractivity contribution in [2.24, 2.45) is 0 Å². The maximum absolute atomic E-state index is 12.8. The highest BCUT2D eigenvalue weighted by Crippen LogP contribution is 2.41. The highest BCUT2D eigenvalue weighted by molar-refractivity contribution is 6.46. The number of amides is 1. The zero-order valence-corrected chi connectivity index (χ0v) is 16.4. The summed E-state index contributed by atoms with van der Waals surface area (Å²) in [5.41, 5.74) is 1.49. The van der Waals surface area contributed by atoms with E-state index in [9.17, 15) is 29.7 Å². The molecule has 0 radical (unpaired) electrons. The maximum Gasteiger partial charge on any atom is 0.295 e. The van der Waals surface area contributed by atoms with E-state index in [4.69, 9.17) is 4.74 Å². The molecule has 1 amide bonds. The molecule has 2 N–H and O–H groups in total. The highest BCUT2D eigenvalue weighted by Gasteiger charge is 2.46. The summed E-state index contributed by atoms with van der Waals surface area (Å²) in [6.45, 7) is 1.58. The fraction of sp³-hybridized carbons (Fsp3) is 0.227. The lowest BCUT2D eigenvalue weighted by Gasteiger charge is -2.26. The van der Waals surface area contributed by atoms with Crippen molar-refractivity contribution in [2.75, 3.05) is 13.7 Å². The van der Waals surface area contributed by atoms with Gasteiger partial charge in [0.2, 0.25) is 0 Å². The molecule has 0 aliphatic carbocycles. The van der Waals surface area contributed by atoms with Gasteiger partial charge in [-0.05, 0) is 24.6 Å². The lowest BCUT2D eigenvalue weighted by Crippen LogP contribution is -2.34. The fourth-order valence-electron chi connectivity index (χ4n) is 3.40. The summed E-state index contributed by atoms with van der Waals surface area (Å²) < 4.78 is 5.10. The van der Waals surface area contributed by atoms with E-state index in [0.717, 1.165) is 10.5 Å². The van der Waals surface area contributed by atoms with Crippen LogP contribution in [0.1, 0.15) is 29.2 Å². The van der Waals surface area contributed by atoms with Crippen molar-refractivity contribution in [3.63, 3.8) is 0 Å². The van der Waals surface area contributed by atoms with Crippen LogP contribution in [0, 0.1) is 6.92 Å². The number of likely N-dealkylation sites (tertiary alicyclic amines) is 1. The van der Waals surface area contributed by atoms with Crippen LogP contribution < -0.4 is 9.84 Å². The van der Waals surface area contributed by atoms with Crippen molar-refractivity contribution in [1.29, 1.82) is 0 Å². The number of aryl methyl sites for hydroxylation is 1. The summed E-state index contributed by atoms with van der Waals surface area (Å²) in [5.74, 6) is -3.65. The molecule has 0 saturated carbocycles. The molecule has 0 spiro atoms.